The van der Waals surface area contributed by atoms with Gasteiger partial charge in [-0.05, 0) is 6.92 Å². The van der Waals surface area contributed by atoms with Crippen molar-refractivity contribution in [2.75, 3.05) is 12.4 Å². The summed E-state index contributed by atoms with van der Waals surface area (Å²) < 4.78 is 0. The maximum absolute atomic E-state index is 12.3. The fourth-order valence-corrected chi connectivity index (χ4v) is 2.31. The number of nitrogens with zero attached hydrogens (tertiary/aromatic N) is 1. The lowest BCUT2D eigenvalue weighted by molar-refractivity contribution is -0.142. The highest BCUT2D eigenvalue weighted by Crippen LogP contribution is 2.00. The zero-order chi connectivity index (χ0) is 21.3. The van der Waals surface area contributed by atoms with Crippen molar-refractivity contribution >= 4 is 36.3 Å². The summed E-state index contributed by atoms with van der Waals surface area (Å²) in [6.45, 7) is 0.646. The number of carbonyl (C=O) groups is 4. The molecule has 156 valence electrons. The number of aliphatic hydroxyl groups excluding tert-OH is 1. The number of aliphatic carboxylic acids is 1. The number of thiol groups is 1. The second-order valence-corrected chi connectivity index (χ2v) is 6.32. The highest BCUT2D eigenvalue weighted by Gasteiger charge is 2.29. The number of H-pyrrole nitrogens is 1. The summed E-state index contributed by atoms with van der Waals surface area (Å²) in [6, 6.07) is -4.68. The van der Waals surface area contributed by atoms with E-state index in [0.717, 1.165) is 0 Å². The van der Waals surface area contributed by atoms with Gasteiger partial charge in [0.2, 0.25) is 17.7 Å². The van der Waals surface area contributed by atoms with Crippen LogP contribution in [0.15, 0.2) is 12.5 Å². The van der Waals surface area contributed by atoms with Crippen LogP contribution in [-0.2, 0) is 25.6 Å². The fraction of sp³-hybridized carbons (Fsp3) is 0.533. The highest BCUT2D eigenvalue weighted by molar-refractivity contribution is 7.80. The molecule has 0 aliphatic heterocycles. The van der Waals surface area contributed by atoms with Crippen molar-refractivity contribution in [3.63, 3.8) is 0 Å². The molecule has 0 bridgehead atoms. The summed E-state index contributed by atoms with van der Waals surface area (Å²) in [5, 5.41) is 25.5. The van der Waals surface area contributed by atoms with Crippen molar-refractivity contribution in [3.8, 4) is 0 Å². The highest BCUT2D eigenvalue weighted by atomic mass is 32.1. The normalized spacial score (nSPS) is 15.0. The monoisotopic (exact) mass is 416 g/mol. The third-order valence-corrected chi connectivity index (χ3v) is 4.00. The van der Waals surface area contributed by atoms with Crippen molar-refractivity contribution in [2.45, 2.75) is 37.5 Å². The smallest absolute Gasteiger partial charge is 0.326 e. The second-order valence-electron chi connectivity index (χ2n) is 5.96. The van der Waals surface area contributed by atoms with Crippen molar-refractivity contribution in [3.05, 3.63) is 18.2 Å². The molecule has 0 aliphatic rings. The zero-order valence-electron chi connectivity index (χ0n) is 15.1. The van der Waals surface area contributed by atoms with Crippen molar-refractivity contribution in [2.24, 2.45) is 5.73 Å². The first-order valence-corrected chi connectivity index (χ1v) is 8.91. The van der Waals surface area contributed by atoms with Crippen molar-refractivity contribution in [1.82, 2.24) is 25.9 Å². The van der Waals surface area contributed by atoms with Gasteiger partial charge in [0.05, 0.1) is 19.0 Å². The number of nitrogens with one attached hydrogen (secondary N) is 4. The van der Waals surface area contributed by atoms with Crippen LogP contribution in [0, 0.1) is 0 Å². The van der Waals surface area contributed by atoms with Gasteiger partial charge in [-0.1, -0.05) is 0 Å². The first kappa shape index (κ1) is 23.4. The summed E-state index contributed by atoms with van der Waals surface area (Å²) in [7, 11) is 0. The van der Waals surface area contributed by atoms with Crippen LogP contribution in [-0.4, -0.2) is 80.4 Å². The number of carboxylic acid groups (broad SMARTS) is 1. The number of carbonyl (C=O) groups excluding carboxylic acids is 3. The van der Waals surface area contributed by atoms with Gasteiger partial charge in [0.15, 0.2) is 0 Å². The van der Waals surface area contributed by atoms with Crippen LogP contribution in [0.5, 0.6) is 0 Å². The van der Waals surface area contributed by atoms with Crippen LogP contribution in [0.4, 0.5) is 0 Å². The van der Waals surface area contributed by atoms with E-state index in [0.29, 0.717) is 5.69 Å². The van der Waals surface area contributed by atoms with E-state index < -0.39 is 54.5 Å². The molecule has 0 spiro atoms. The molecule has 0 saturated heterocycles. The maximum atomic E-state index is 12.3. The summed E-state index contributed by atoms with van der Waals surface area (Å²) in [5.74, 6) is -3.66. The molecule has 0 fully saturated rings. The van der Waals surface area contributed by atoms with Gasteiger partial charge in [0.1, 0.15) is 18.1 Å². The van der Waals surface area contributed by atoms with E-state index in [1.54, 1.807) is 0 Å². The fourth-order valence-electron chi connectivity index (χ4n) is 2.05. The SMILES string of the molecule is CC(N)C(=O)NC(CS)C(=O)NC(CO)C(=O)NC(Cc1cnc[nH]1)C(=O)O. The molecule has 28 heavy (non-hydrogen) atoms. The number of aromatic amines is 1. The number of rotatable bonds is 11. The van der Waals surface area contributed by atoms with Gasteiger partial charge in [-0.25, -0.2) is 9.78 Å². The Morgan fingerprint density at radius 3 is 2.18 bits per heavy atom. The Bertz CT molecular complexity index is 683. The molecule has 0 aliphatic carbocycles. The summed E-state index contributed by atoms with van der Waals surface area (Å²) in [4.78, 5) is 54.0. The van der Waals surface area contributed by atoms with E-state index in [9.17, 15) is 29.4 Å². The van der Waals surface area contributed by atoms with Crippen LogP contribution in [0.25, 0.3) is 0 Å². The van der Waals surface area contributed by atoms with Crippen LogP contribution in [0.3, 0.4) is 0 Å². The molecule has 4 unspecified atom stereocenters. The Morgan fingerprint density at radius 2 is 1.71 bits per heavy atom. The number of carboxylic acids is 1. The van der Waals surface area contributed by atoms with Crippen LogP contribution < -0.4 is 21.7 Å². The van der Waals surface area contributed by atoms with Gasteiger partial charge in [-0.3, -0.25) is 14.4 Å². The molecule has 0 radical (unpaired) electrons. The number of aromatic nitrogens is 2. The number of nitrogens with two attached hydrogens (primary N) is 1. The van der Waals surface area contributed by atoms with E-state index in [4.69, 9.17) is 5.73 Å². The van der Waals surface area contributed by atoms with Crippen LogP contribution >= 0.6 is 12.6 Å². The number of hydrogen-bond donors (Lipinski definition) is 8. The lowest BCUT2D eigenvalue weighted by atomic mass is 10.1. The van der Waals surface area contributed by atoms with Crippen molar-refractivity contribution in [1.29, 1.82) is 0 Å². The predicted molar refractivity (Wildman–Crippen MR) is 100 cm³/mol. The summed E-state index contributed by atoms with van der Waals surface area (Å²) in [6.07, 6.45) is 2.70. The Kier molecular flexibility index (Phi) is 9.41. The molecule has 1 aromatic rings. The zero-order valence-corrected chi connectivity index (χ0v) is 16.0. The lowest BCUT2D eigenvalue weighted by Gasteiger charge is -2.23. The molecular formula is C15H24N6O6S. The van der Waals surface area contributed by atoms with E-state index in [-0.39, 0.29) is 12.2 Å². The first-order chi connectivity index (χ1) is 13.2. The van der Waals surface area contributed by atoms with E-state index >= 15 is 0 Å². The number of hydrogen-bond acceptors (Lipinski definition) is 8. The Labute approximate surface area is 166 Å². The topological polar surface area (TPSA) is 200 Å². The molecule has 1 rings (SSSR count). The molecule has 0 saturated carbocycles. The molecule has 3 amide bonds. The van der Waals surface area contributed by atoms with E-state index in [1.807, 2.05) is 0 Å². The summed E-state index contributed by atoms with van der Waals surface area (Å²) in [5.41, 5.74) is 5.90. The molecule has 1 heterocycles. The standard InChI is InChI=1S/C15H24N6O6S/c1-7(16)12(23)21-11(5-28)14(25)20-10(4-22)13(24)19-9(15(26)27)2-8-3-17-6-18-8/h3,6-7,9-11,22,28H,2,4-5,16H2,1H3,(H,17,18)(H,19,24)(H,20,25)(H,21,23)(H,26,27). The number of imidazole rings is 1. The van der Waals surface area contributed by atoms with Crippen molar-refractivity contribution < 1.29 is 29.4 Å². The molecule has 4 atom stereocenters. The molecule has 0 aromatic carbocycles. The second kappa shape index (κ2) is 11.3. The van der Waals surface area contributed by atoms with Gasteiger partial charge in [-0.15, -0.1) is 0 Å². The average molecular weight is 416 g/mol. The maximum Gasteiger partial charge on any atom is 0.326 e. The molecule has 13 heteroatoms. The first-order valence-electron chi connectivity index (χ1n) is 8.28. The molecule has 12 nitrogen and oxygen atoms in total. The van der Waals surface area contributed by atoms with Gasteiger partial charge in [0, 0.05) is 24.1 Å². The largest absolute Gasteiger partial charge is 0.480 e. The molecule has 1 aromatic heterocycles. The van der Waals surface area contributed by atoms with Crippen LogP contribution in [0.1, 0.15) is 12.6 Å². The van der Waals surface area contributed by atoms with E-state index in [1.165, 1.54) is 19.4 Å². The Balaban J connectivity index is 2.73. The van der Waals surface area contributed by atoms with Gasteiger partial charge >= 0.3 is 5.97 Å². The Hall–Kier alpha value is -2.64. The molecular weight excluding hydrogens is 392 g/mol. The number of aliphatic hydroxyl groups is 1. The minimum absolute atomic E-state index is 0.0725. The minimum Gasteiger partial charge on any atom is -0.480 e. The Morgan fingerprint density at radius 1 is 1.14 bits per heavy atom. The van der Waals surface area contributed by atoms with Crippen LogP contribution in [0.2, 0.25) is 0 Å². The lowest BCUT2D eigenvalue weighted by Crippen LogP contribution is -2.58. The molecule has 8 N–H and O–H groups in total. The average Bonchev–Trinajstić information content (AvgIpc) is 3.15. The van der Waals surface area contributed by atoms with Gasteiger partial charge in [0.25, 0.3) is 0 Å². The summed E-state index contributed by atoms with van der Waals surface area (Å²) >= 11 is 3.97. The van der Waals surface area contributed by atoms with E-state index in [2.05, 4.69) is 38.5 Å². The quantitative estimate of drug-likeness (QED) is 0.172. The third-order valence-electron chi connectivity index (χ3n) is 3.64. The van der Waals surface area contributed by atoms with Gasteiger partial charge < -0.3 is 36.9 Å². The predicted octanol–water partition coefficient (Wildman–Crippen LogP) is -3.24. The minimum atomic E-state index is -1.43. The third kappa shape index (κ3) is 7.17. The number of amides is 3. The van der Waals surface area contributed by atoms with Gasteiger partial charge in [-0.2, -0.15) is 12.6 Å².